The second-order valence-electron chi connectivity index (χ2n) is 4.92. The van der Waals surface area contributed by atoms with Gasteiger partial charge >= 0.3 is 0 Å². The molecule has 0 N–H and O–H groups in total. The van der Waals surface area contributed by atoms with E-state index in [0.29, 0.717) is 0 Å². The summed E-state index contributed by atoms with van der Waals surface area (Å²) in [5.74, 6) is -0.422. The van der Waals surface area contributed by atoms with E-state index in [9.17, 15) is 9.90 Å². The summed E-state index contributed by atoms with van der Waals surface area (Å²) in [6.07, 6.45) is 1.60. The van der Waals surface area contributed by atoms with E-state index in [0.717, 1.165) is 26.6 Å². The molecule has 0 saturated carbocycles. The number of carbonyl (C=O) groups is 1. The Morgan fingerprint density at radius 3 is 2.64 bits per heavy atom. The van der Waals surface area contributed by atoms with Crippen LogP contribution < -0.4 is 5.11 Å². The van der Waals surface area contributed by atoms with Gasteiger partial charge in [0.25, 0.3) is 0 Å². The molecule has 0 fully saturated rings. The Bertz CT molecular complexity index is 841. The number of carbonyl (C=O) groups excluding carboxylic acids is 1. The van der Waals surface area contributed by atoms with Gasteiger partial charge in [-0.25, -0.2) is 9.97 Å². The predicted octanol–water partition coefficient (Wildman–Crippen LogP) is 2.96. The lowest BCUT2D eigenvalue weighted by Gasteiger charge is -2.06. The average Bonchev–Trinajstić information content (AvgIpc) is 2.81. The number of rotatable bonds is 4. The fraction of sp³-hybridized carbons (Fsp3) is 0.188. The maximum atomic E-state index is 10.7. The number of aromatic carboxylic acids is 1. The van der Waals surface area contributed by atoms with Gasteiger partial charge < -0.3 is 9.90 Å². The smallest absolute Gasteiger partial charge is 0.128 e. The summed E-state index contributed by atoms with van der Waals surface area (Å²) in [4.78, 5) is 21.7. The van der Waals surface area contributed by atoms with Crippen LogP contribution in [-0.4, -0.2) is 15.9 Å². The SMILES string of the molecule is Cc1sc2ncnc(SCc3ccc(C(=O)[O-])cc3)c2c1C. The van der Waals surface area contributed by atoms with Crippen molar-refractivity contribution in [2.24, 2.45) is 0 Å². The highest BCUT2D eigenvalue weighted by atomic mass is 32.2. The monoisotopic (exact) mass is 329 g/mol. The minimum absolute atomic E-state index is 0.197. The molecule has 0 radical (unpaired) electrons. The topological polar surface area (TPSA) is 65.9 Å². The zero-order valence-electron chi connectivity index (χ0n) is 12.1. The quantitative estimate of drug-likeness (QED) is 0.544. The van der Waals surface area contributed by atoms with Crippen LogP contribution in [0, 0.1) is 13.8 Å². The Balaban J connectivity index is 1.83. The number of nitrogens with zero attached hydrogens (tertiary/aromatic N) is 2. The fourth-order valence-corrected chi connectivity index (χ4v) is 4.22. The summed E-state index contributed by atoms with van der Waals surface area (Å²) in [5, 5.41) is 12.8. The van der Waals surface area contributed by atoms with Crippen molar-refractivity contribution in [1.29, 1.82) is 0 Å². The van der Waals surface area contributed by atoms with Gasteiger partial charge in [-0.15, -0.1) is 23.1 Å². The summed E-state index contributed by atoms with van der Waals surface area (Å²) >= 11 is 3.32. The van der Waals surface area contributed by atoms with Gasteiger partial charge in [-0.05, 0) is 30.5 Å². The molecule has 4 nitrogen and oxygen atoms in total. The third kappa shape index (κ3) is 2.84. The molecule has 0 unspecified atom stereocenters. The third-order valence-corrected chi connectivity index (χ3v) is 5.67. The maximum Gasteiger partial charge on any atom is 0.128 e. The molecular weight excluding hydrogens is 316 g/mol. The van der Waals surface area contributed by atoms with Crippen molar-refractivity contribution >= 4 is 39.3 Å². The van der Waals surface area contributed by atoms with Crippen molar-refractivity contribution in [2.75, 3.05) is 0 Å². The number of carboxylic acids is 1. The molecule has 0 aliphatic carbocycles. The Labute approximate surface area is 136 Å². The van der Waals surface area contributed by atoms with Crippen LogP contribution in [0.3, 0.4) is 0 Å². The second kappa shape index (κ2) is 6.06. The van der Waals surface area contributed by atoms with Crippen LogP contribution in [0.2, 0.25) is 0 Å². The number of carboxylic acid groups (broad SMARTS) is 1. The first-order valence-corrected chi connectivity index (χ1v) is 8.50. The number of benzene rings is 1. The highest BCUT2D eigenvalue weighted by Gasteiger charge is 2.12. The first kappa shape index (κ1) is 15.0. The van der Waals surface area contributed by atoms with E-state index in [1.165, 1.54) is 10.4 Å². The summed E-state index contributed by atoms with van der Waals surface area (Å²) < 4.78 is 0. The van der Waals surface area contributed by atoms with E-state index in [1.54, 1.807) is 41.6 Å². The first-order valence-electron chi connectivity index (χ1n) is 6.70. The van der Waals surface area contributed by atoms with Gasteiger partial charge in [0.05, 0.1) is 5.97 Å². The van der Waals surface area contributed by atoms with Gasteiger partial charge in [0.2, 0.25) is 0 Å². The zero-order valence-corrected chi connectivity index (χ0v) is 13.8. The number of aryl methyl sites for hydroxylation is 2. The van der Waals surface area contributed by atoms with E-state index in [2.05, 4.69) is 23.8 Å². The molecule has 0 aliphatic heterocycles. The standard InChI is InChI=1S/C16H14N2O2S2/c1-9-10(2)22-15-13(9)14(17-8-18-15)21-7-11-3-5-12(6-4-11)16(19)20/h3-6,8H,7H2,1-2H3,(H,19,20)/p-1. The molecular formula is C16H13N2O2S2-. The molecule has 0 bridgehead atoms. The average molecular weight is 329 g/mol. The molecule has 0 amide bonds. The number of thiophene rings is 1. The Morgan fingerprint density at radius 1 is 1.23 bits per heavy atom. The minimum atomic E-state index is -1.15. The highest BCUT2D eigenvalue weighted by molar-refractivity contribution is 7.98. The first-order chi connectivity index (χ1) is 10.6. The lowest BCUT2D eigenvalue weighted by molar-refractivity contribution is -0.255. The fourth-order valence-electron chi connectivity index (χ4n) is 2.15. The maximum absolute atomic E-state index is 10.7. The molecule has 3 rings (SSSR count). The van der Waals surface area contributed by atoms with Crippen LogP contribution >= 0.6 is 23.1 Å². The van der Waals surface area contributed by atoms with Crippen LogP contribution in [0.4, 0.5) is 0 Å². The molecule has 0 spiro atoms. The van der Waals surface area contributed by atoms with Gasteiger partial charge in [-0.3, -0.25) is 0 Å². The number of thioether (sulfide) groups is 1. The lowest BCUT2D eigenvalue weighted by Crippen LogP contribution is -2.21. The van der Waals surface area contributed by atoms with Crippen LogP contribution in [0.15, 0.2) is 35.6 Å². The van der Waals surface area contributed by atoms with Crippen molar-refractivity contribution in [3.8, 4) is 0 Å². The predicted molar refractivity (Wildman–Crippen MR) is 87.2 cm³/mol. The van der Waals surface area contributed by atoms with Gasteiger partial charge in [-0.1, -0.05) is 24.3 Å². The summed E-state index contributed by atoms with van der Waals surface area (Å²) in [5.41, 5.74) is 2.48. The summed E-state index contributed by atoms with van der Waals surface area (Å²) in [6.45, 7) is 4.19. The number of fused-ring (bicyclic) bond motifs is 1. The molecule has 0 atom stereocenters. The molecule has 22 heavy (non-hydrogen) atoms. The van der Waals surface area contributed by atoms with Gasteiger partial charge in [0.1, 0.15) is 16.2 Å². The molecule has 3 aromatic rings. The van der Waals surface area contributed by atoms with Crippen molar-refractivity contribution in [3.05, 3.63) is 52.2 Å². The van der Waals surface area contributed by atoms with Crippen LogP contribution in [0.1, 0.15) is 26.4 Å². The molecule has 0 aliphatic rings. The number of hydrogen-bond donors (Lipinski definition) is 0. The van der Waals surface area contributed by atoms with E-state index >= 15 is 0 Å². The molecule has 2 aromatic heterocycles. The lowest BCUT2D eigenvalue weighted by atomic mass is 10.1. The molecule has 6 heteroatoms. The second-order valence-corrected chi connectivity index (χ2v) is 7.08. The molecule has 2 heterocycles. The molecule has 1 aromatic carbocycles. The zero-order chi connectivity index (χ0) is 15.7. The van der Waals surface area contributed by atoms with E-state index in [-0.39, 0.29) is 5.56 Å². The van der Waals surface area contributed by atoms with Crippen molar-refractivity contribution < 1.29 is 9.90 Å². The van der Waals surface area contributed by atoms with Gasteiger partial charge in [0.15, 0.2) is 0 Å². The van der Waals surface area contributed by atoms with Crippen molar-refractivity contribution in [3.63, 3.8) is 0 Å². The summed E-state index contributed by atoms with van der Waals surface area (Å²) in [6, 6.07) is 6.76. The molecule has 0 saturated heterocycles. The van der Waals surface area contributed by atoms with E-state index in [4.69, 9.17) is 0 Å². The molecule has 112 valence electrons. The number of hydrogen-bond acceptors (Lipinski definition) is 6. The van der Waals surface area contributed by atoms with Crippen LogP contribution in [-0.2, 0) is 5.75 Å². The van der Waals surface area contributed by atoms with Crippen LogP contribution in [0.5, 0.6) is 0 Å². The van der Waals surface area contributed by atoms with Gasteiger partial charge in [-0.2, -0.15) is 0 Å². The van der Waals surface area contributed by atoms with Gasteiger partial charge in [0, 0.05) is 16.0 Å². The van der Waals surface area contributed by atoms with Crippen molar-refractivity contribution in [2.45, 2.75) is 24.6 Å². The third-order valence-electron chi connectivity index (χ3n) is 3.50. The normalized spacial score (nSPS) is 11.0. The van der Waals surface area contributed by atoms with Crippen LogP contribution in [0.25, 0.3) is 10.2 Å². The largest absolute Gasteiger partial charge is 0.545 e. The van der Waals surface area contributed by atoms with Crippen molar-refractivity contribution in [1.82, 2.24) is 9.97 Å². The Morgan fingerprint density at radius 2 is 1.95 bits per heavy atom. The number of aromatic nitrogens is 2. The van der Waals surface area contributed by atoms with E-state index < -0.39 is 5.97 Å². The Hall–Kier alpha value is -1.92. The van der Waals surface area contributed by atoms with E-state index in [1.807, 2.05) is 12.1 Å². The minimum Gasteiger partial charge on any atom is -0.545 e. The highest BCUT2D eigenvalue weighted by Crippen LogP contribution is 2.35. The summed E-state index contributed by atoms with van der Waals surface area (Å²) in [7, 11) is 0. The Kier molecular flexibility index (Phi) is 4.13.